The van der Waals surface area contributed by atoms with Crippen LogP contribution in [0.3, 0.4) is 0 Å². The number of carbonyl (C=O) groups is 2. The van der Waals surface area contributed by atoms with Gasteiger partial charge in [-0.2, -0.15) is 0 Å². The van der Waals surface area contributed by atoms with E-state index >= 15 is 0 Å². The van der Waals surface area contributed by atoms with E-state index in [0.717, 1.165) is 11.3 Å². The molecule has 1 aliphatic rings. The maximum atomic E-state index is 13.2. The number of nitrogens with one attached hydrogen (secondary N) is 2. The number of halogens is 1. The normalized spacial score (nSPS) is 12.6. The summed E-state index contributed by atoms with van der Waals surface area (Å²) in [4.78, 5) is 25.2. The fraction of sp³-hybridized carbons (Fsp3) is 0.250. The van der Waals surface area contributed by atoms with Gasteiger partial charge in [0.05, 0.1) is 11.1 Å². The molecule has 0 spiro atoms. The number of rotatable bonds is 6. The van der Waals surface area contributed by atoms with Crippen molar-refractivity contribution in [2.24, 2.45) is 0 Å². The largest absolute Gasteiger partial charge is 0.453 e. The molecule has 0 atom stereocenters. The monoisotopic (exact) mass is 511 g/mol. The van der Waals surface area contributed by atoms with Gasteiger partial charge >= 0.3 is 0 Å². The first kappa shape index (κ1) is 23.1. The molecule has 0 bridgehead atoms. The predicted octanol–water partition coefficient (Wildman–Crippen LogP) is 4.30. The van der Waals surface area contributed by atoms with Crippen LogP contribution in [0.2, 0.25) is 5.02 Å². The van der Waals surface area contributed by atoms with Crippen LogP contribution in [0.5, 0.6) is 11.5 Å². The summed E-state index contributed by atoms with van der Waals surface area (Å²) in [5.74, 6) is -0.717. The Balaban J connectivity index is 1.69. The zero-order chi connectivity index (χ0) is 24.1. The second-order valence-electron chi connectivity index (χ2n) is 7.21. The molecule has 2 N–H and O–H groups in total. The van der Waals surface area contributed by atoms with Gasteiger partial charge in [-0.05, 0) is 50.3 Å². The molecule has 33 heavy (non-hydrogen) atoms. The number of amides is 1. The number of benzene rings is 1. The van der Waals surface area contributed by atoms with Crippen LogP contribution in [0.25, 0.3) is 0 Å². The van der Waals surface area contributed by atoms with Crippen molar-refractivity contribution in [1.29, 1.82) is 0 Å². The lowest BCUT2D eigenvalue weighted by Gasteiger charge is -2.16. The van der Waals surface area contributed by atoms with Crippen molar-refractivity contribution < 1.29 is 32.0 Å². The molecule has 3 heterocycles. The van der Waals surface area contributed by atoms with E-state index in [4.69, 9.17) is 25.6 Å². The molecule has 1 aliphatic heterocycles. The Morgan fingerprint density at radius 1 is 1.12 bits per heavy atom. The summed E-state index contributed by atoms with van der Waals surface area (Å²) in [6.45, 7) is 6.21. The van der Waals surface area contributed by atoms with Crippen LogP contribution in [-0.2, 0) is 10.0 Å². The Labute approximate surface area is 197 Å². The lowest BCUT2D eigenvalue weighted by Crippen LogP contribution is -2.19. The average Bonchev–Trinajstić information content (AvgIpc) is 3.46. The summed E-state index contributed by atoms with van der Waals surface area (Å²) >= 11 is 7.02. The smallest absolute Gasteiger partial charge is 0.267 e. The second-order valence-corrected chi connectivity index (χ2v) is 10.2. The Kier molecular flexibility index (Phi) is 5.85. The lowest BCUT2D eigenvalue weighted by atomic mass is 9.93. The highest BCUT2D eigenvalue weighted by molar-refractivity contribution is 7.93. The summed E-state index contributed by atoms with van der Waals surface area (Å²) in [6, 6.07) is 1.33. The highest BCUT2D eigenvalue weighted by Gasteiger charge is 2.32. The third kappa shape index (κ3) is 3.94. The number of nitrogens with zero attached hydrogens (tertiary/aromatic N) is 1. The molecule has 1 amide bonds. The zero-order valence-corrected chi connectivity index (χ0v) is 20.3. The first-order valence-corrected chi connectivity index (χ1v) is 12.2. The molecule has 13 heteroatoms. The topological polar surface area (TPSA) is 137 Å². The van der Waals surface area contributed by atoms with Crippen molar-refractivity contribution in [3.8, 4) is 11.5 Å². The number of hydrogen-bond donors (Lipinski definition) is 2. The second kappa shape index (κ2) is 8.36. The van der Waals surface area contributed by atoms with Gasteiger partial charge in [0.15, 0.2) is 17.3 Å². The molecule has 174 valence electrons. The summed E-state index contributed by atoms with van der Waals surface area (Å²) in [6.07, 6.45) is 0. The number of ketones is 1. The van der Waals surface area contributed by atoms with Crippen molar-refractivity contribution >= 4 is 55.5 Å². The molecule has 1 aromatic carbocycles. The number of anilines is 2. The summed E-state index contributed by atoms with van der Waals surface area (Å²) in [7, 11) is -4.16. The molecule has 0 fully saturated rings. The van der Waals surface area contributed by atoms with Crippen LogP contribution in [-0.4, -0.2) is 32.1 Å². The number of ether oxygens (including phenoxy) is 2. The van der Waals surface area contributed by atoms with E-state index in [-0.39, 0.29) is 50.4 Å². The quantitative estimate of drug-likeness (QED) is 0.467. The predicted molar refractivity (Wildman–Crippen MR) is 121 cm³/mol. The SMILES string of the molecule is CC(=O)c1c(C)c(C)c(C(=O)Nc2sccc2S(=O)(=O)Nc2onc(C)c2Cl)c2c1OCO2. The van der Waals surface area contributed by atoms with Gasteiger partial charge in [0.25, 0.3) is 21.8 Å². The van der Waals surface area contributed by atoms with Gasteiger partial charge < -0.3 is 19.3 Å². The van der Waals surface area contributed by atoms with Gasteiger partial charge in [0.1, 0.15) is 20.6 Å². The van der Waals surface area contributed by atoms with Crippen LogP contribution in [0.4, 0.5) is 10.9 Å². The van der Waals surface area contributed by atoms with Gasteiger partial charge in [-0.15, -0.1) is 11.3 Å². The number of Topliss-reactive ketones (excluding diaryl/α,β-unsaturated/α-hetero) is 1. The number of sulfonamides is 1. The summed E-state index contributed by atoms with van der Waals surface area (Å²) in [5.41, 5.74) is 1.92. The molecule has 2 aromatic heterocycles. The minimum absolute atomic E-state index is 0.0313. The average molecular weight is 512 g/mol. The van der Waals surface area contributed by atoms with Crippen molar-refractivity contribution in [2.75, 3.05) is 16.8 Å². The van der Waals surface area contributed by atoms with E-state index in [1.54, 1.807) is 20.8 Å². The van der Waals surface area contributed by atoms with E-state index in [9.17, 15) is 18.0 Å². The lowest BCUT2D eigenvalue weighted by molar-refractivity contribution is 0.100. The summed E-state index contributed by atoms with van der Waals surface area (Å²) < 4.78 is 43.9. The number of aryl methyl sites for hydroxylation is 1. The van der Waals surface area contributed by atoms with Gasteiger partial charge in [0.2, 0.25) is 6.79 Å². The van der Waals surface area contributed by atoms with Gasteiger partial charge in [-0.25, -0.2) is 13.1 Å². The van der Waals surface area contributed by atoms with E-state index in [1.807, 2.05) is 0 Å². The highest BCUT2D eigenvalue weighted by atomic mass is 35.5. The Morgan fingerprint density at radius 2 is 1.76 bits per heavy atom. The first-order chi connectivity index (χ1) is 15.5. The van der Waals surface area contributed by atoms with E-state index in [0.29, 0.717) is 22.4 Å². The number of hydrogen-bond acceptors (Lipinski definition) is 9. The molecule has 3 aromatic rings. The zero-order valence-electron chi connectivity index (χ0n) is 17.9. The number of carbonyl (C=O) groups excluding carboxylic acids is 2. The molecule has 0 saturated carbocycles. The minimum Gasteiger partial charge on any atom is -0.453 e. The van der Waals surface area contributed by atoms with E-state index in [1.165, 1.54) is 18.4 Å². The maximum absolute atomic E-state index is 13.2. The van der Waals surface area contributed by atoms with Crippen LogP contribution in [0.15, 0.2) is 20.9 Å². The molecular weight excluding hydrogens is 494 g/mol. The number of fused-ring (bicyclic) bond motifs is 1. The third-order valence-electron chi connectivity index (χ3n) is 5.12. The Hall–Kier alpha value is -3.09. The fourth-order valence-corrected chi connectivity index (χ4v) is 5.87. The van der Waals surface area contributed by atoms with Crippen LogP contribution < -0.4 is 19.5 Å². The van der Waals surface area contributed by atoms with E-state index in [2.05, 4.69) is 15.2 Å². The van der Waals surface area contributed by atoms with Crippen molar-refractivity contribution in [1.82, 2.24) is 5.16 Å². The minimum atomic E-state index is -4.16. The fourth-order valence-electron chi connectivity index (χ4n) is 3.43. The van der Waals surface area contributed by atoms with Gasteiger partial charge in [-0.3, -0.25) is 9.59 Å². The molecule has 4 rings (SSSR count). The van der Waals surface area contributed by atoms with Crippen molar-refractivity contribution in [3.63, 3.8) is 0 Å². The van der Waals surface area contributed by atoms with Gasteiger partial charge in [0, 0.05) is 0 Å². The van der Waals surface area contributed by atoms with Crippen LogP contribution >= 0.6 is 22.9 Å². The van der Waals surface area contributed by atoms with Crippen LogP contribution in [0, 0.1) is 20.8 Å². The van der Waals surface area contributed by atoms with Crippen LogP contribution in [0.1, 0.15) is 44.5 Å². The third-order valence-corrected chi connectivity index (χ3v) is 7.90. The summed E-state index contributed by atoms with van der Waals surface area (Å²) in [5, 5.41) is 7.85. The van der Waals surface area contributed by atoms with E-state index < -0.39 is 15.9 Å². The van der Waals surface area contributed by atoms with Crippen molar-refractivity contribution in [3.05, 3.63) is 44.4 Å². The molecule has 0 aliphatic carbocycles. The molecule has 10 nitrogen and oxygen atoms in total. The first-order valence-electron chi connectivity index (χ1n) is 9.50. The standard InChI is InChI=1S/C20H18ClN3O7S2/c1-8-9(2)14(17-16(29-7-30-17)13(8)11(4)25)18(26)22-20-12(5-6-32-20)33(27,28)24-19-15(21)10(3)23-31-19/h5-6,24H,7H2,1-4H3,(H,22,26). The van der Waals surface area contributed by atoms with Crippen molar-refractivity contribution in [2.45, 2.75) is 32.6 Å². The molecule has 0 unspecified atom stereocenters. The number of thiophene rings is 1. The Morgan fingerprint density at radius 3 is 2.36 bits per heavy atom. The highest BCUT2D eigenvalue weighted by Crippen LogP contribution is 2.44. The Bertz CT molecular complexity index is 1410. The van der Waals surface area contributed by atoms with Gasteiger partial charge in [-0.1, -0.05) is 16.8 Å². The molecule has 0 radical (unpaired) electrons. The molecular formula is C20H18ClN3O7S2. The maximum Gasteiger partial charge on any atom is 0.267 e. The molecule has 0 saturated heterocycles. The number of aromatic nitrogens is 1.